The van der Waals surface area contributed by atoms with Crippen LogP contribution in [0.5, 0.6) is 0 Å². The summed E-state index contributed by atoms with van der Waals surface area (Å²) in [5.41, 5.74) is 0.549. The van der Waals surface area contributed by atoms with E-state index >= 15 is 0 Å². The summed E-state index contributed by atoms with van der Waals surface area (Å²) in [6.07, 6.45) is 8.45. The van der Waals surface area contributed by atoms with Gasteiger partial charge in [-0.05, 0) is 50.9 Å². The summed E-state index contributed by atoms with van der Waals surface area (Å²) in [6, 6.07) is 0.836. The Labute approximate surface area is 130 Å². The number of hydrogen-bond donors (Lipinski definition) is 1. The molecule has 0 radical (unpaired) electrons. The van der Waals surface area contributed by atoms with Crippen LogP contribution in [0.15, 0.2) is 0 Å². The van der Waals surface area contributed by atoms with Crippen LogP contribution in [0.1, 0.15) is 59.3 Å². The van der Waals surface area contributed by atoms with Gasteiger partial charge in [0.15, 0.2) is 0 Å². The Morgan fingerprint density at radius 3 is 2.48 bits per heavy atom. The highest BCUT2D eigenvalue weighted by Crippen LogP contribution is 2.40. The molecule has 0 aromatic heterocycles. The average molecular weight is 294 g/mol. The first-order valence-electron chi connectivity index (χ1n) is 9.06. The molecule has 122 valence electrons. The third kappa shape index (κ3) is 4.43. The summed E-state index contributed by atoms with van der Waals surface area (Å²) in [4.78, 5) is 2.67. The zero-order chi connectivity index (χ0) is 14.9. The van der Waals surface area contributed by atoms with Gasteiger partial charge in [-0.15, -0.1) is 0 Å². The van der Waals surface area contributed by atoms with Crippen molar-refractivity contribution in [3.63, 3.8) is 0 Å². The van der Waals surface area contributed by atoms with Crippen LogP contribution < -0.4 is 5.32 Å². The van der Waals surface area contributed by atoms with Crippen LogP contribution in [-0.2, 0) is 4.74 Å². The van der Waals surface area contributed by atoms with E-state index in [0.717, 1.165) is 31.7 Å². The lowest BCUT2D eigenvalue weighted by Crippen LogP contribution is -2.54. The van der Waals surface area contributed by atoms with Crippen LogP contribution in [-0.4, -0.2) is 49.3 Å². The van der Waals surface area contributed by atoms with Gasteiger partial charge in [-0.2, -0.15) is 0 Å². The Kier molecular flexibility index (Phi) is 4.63. The zero-order valence-electron chi connectivity index (χ0n) is 14.3. The highest BCUT2D eigenvalue weighted by molar-refractivity contribution is 4.94. The molecule has 0 unspecified atom stereocenters. The molecule has 0 amide bonds. The minimum absolute atomic E-state index is 0.0331. The molecule has 3 rings (SSSR count). The third-order valence-electron chi connectivity index (χ3n) is 5.74. The number of rotatable bonds is 5. The highest BCUT2D eigenvalue weighted by atomic mass is 16.5. The Bertz CT molecular complexity index is 343. The van der Waals surface area contributed by atoms with Crippen LogP contribution in [0.25, 0.3) is 0 Å². The first-order valence-corrected chi connectivity index (χ1v) is 9.06. The molecule has 0 aromatic carbocycles. The van der Waals surface area contributed by atoms with Gasteiger partial charge in [-0.25, -0.2) is 0 Å². The van der Waals surface area contributed by atoms with E-state index < -0.39 is 0 Å². The number of nitrogens with one attached hydrogen (secondary N) is 1. The Hall–Kier alpha value is -0.120. The van der Waals surface area contributed by atoms with Gasteiger partial charge in [0, 0.05) is 32.2 Å². The van der Waals surface area contributed by atoms with Crippen LogP contribution in [0.3, 0.4) is 0 Å². The third-order valence-corrected chi connectivity index (χ3v) is 5.74. The molecule has 0 bridgehead atoms. The van der Waals surface area contributed by atoms with E-state index in [1.54, 1.807) is 0 Å². The van der Waals surface area contributed by atoms with Gasteiger partial charge >= 0.3 is 0 Å². The van der Waals surface area contributed by atoms with Crippen molar-refractivity contribution in [3.05, 3.63) is 0 Å². The van der Waals surface area contributed by atoms with Gasteiger partial charge in [0.2, 0.25) is 0 Å². The van der Waals surface area contributed by atoms with Crippen LogP contribution >= 0.6 is 0 Å². The van der Waals surface area contributed by atoms with E-state index in [1.807, 2.05) is 0 Å². The van der Waals surface area contributed by atoms with Crippen molar-refractivity contribution >= 4 is 0 Å². The average Bonchev–Trinajstić information content (AvgIpc) is 3.23. The summed E-state index contributed by atoms with van der Waals surface area (Å²) in [6.45, 7) is 12.5. The molecule has 0 spiro atoms. The van der Waals surface area contributed by atoms with E-state index in [-0.39, 0.29) is 5.60 Å². The lowest BCUT2D eigenvalue weighted by atomic mass is 9.70. The maximum atomic E-state index is 5.89. The van der Waals surface area contributed by atoms with Crippen molar-refractivity contribution in [2.75, 3.05) is 32.8 Å². The first kappa shape index (κ1) is 15.8. The van der Waals surface area contributed by atoms with Crippen LogP contribution in [0, 0.1) is 11.3 Å². The van der Waals surface area contributed by atoms with Crippen molar-refractivity contribution in [2.24, 2.45) is 11.3 Å². The Morgan fingerprint density at radius 1 is 1.14 bits per heavy atom. The van der Waals surface area contributed by atoms with E-state index in [2.05, 4.69) is 31.0 Å². The topological polar surface area (TPSA) is 24.5 Å². The summed E-state index contributed by atoms with van der Waals surface area (Å²) in [7, 11) is 0. The standard InChI is InChI=1S/C18H34N2O/c1-15-6-8-18(9-7-15,12-19-16-4-5-16)14-20-10-11-21-17(2,3)13-20/h15-16,19H,4-14H2,1-3H3. The Balaban J connectivity index is 1.60. The molecular weight excluding hydrogens is 260 g/mol. The number of morpholine rings is 1. The van der Waals surface area contributed by atoms with E-state index in [4.69, 9.17) is 4.74 Å². The second kappa shape index (κ2) is 6.17. The molecule has 2 aliphatic carbocycles. The normalized spacial score (nSPS) is 37.6. The van der Waals surface area contributed by atoms with Crippen molar-refractivity contribution in [1.82, 2.24) is 10.2 Å². The van der Waals surface area contributed by atoms with E-state index in [9.17, 15) is 0 Å². The number of hydrogen-bond acceptors (Lipinski definition) is 3. The molecule has 0 atom stereocenters. The van der Waals surface area contributed by atoms with Crippen molar-refractivity contribution in [3.8, 4) is 0 Å². The molecular formula is C18H34N2O. The van der Waals surface area contributed by atoms with Crippen LogP contribution in [0.4, 0.5) is 0 Å². The predicted molar refractivity (Wildman–Crippen MR) is 87.6 cm³/mol. The molecule has 3 nitrogen and oxygen atoms in total. The van der Waals surface area contributed by atoms with Gasteiger partial charge in [-0.1, -0.05) is 19.8 Å². The van der Waals surface area contributed by atoms with E-state index in [0.29, 0.717) is 5.41 Å². The van der Waals surface area contributed by atoms with Gasteiger partial charge in [0.05, 0.1) is 12.2 Å². The van der Waals surface area contributed by atoms with E-state index in [1.165, 1.54) is 51.6 Å². The zero-order valence-corrected chi connectivity index (χ0v) is 14.3. The monoisotopic (exact) mass is 294 g/mol. The molecule has 2 saturated carbocycles. The smallest absolute Gasteiger partial charge is 0.0753 e. The van der Waals surface area contributed by atoms with Crippen molar-refractivity contribution < 1.29 is 4.74 Å². The largest absolute Gasteiger partial charge is 0.373 e. The summed E-state index contributed by atoms with van der Waals surface area (Å²) in [5.74, 6) is 0.931. The summed E-state index contributed by atoms with van der Waals surface area (Å²) in [5, 5.41) is 3.83. The van der Waals surface area contributed by atoms with Crippen molar-refractivity contribution in [1.29, 1.82) is 0 Å². The molecule has 21 heavy (non-hydrogen) atoms. The van der Waals surface area contributed by atoms with Gasteiger partial charge in [0.1, 0.15) is 0 Å². The minimum Gasteiger partial charge on any atom is -0.373 e. The second-order valence-corrected chi connectivity index (χ2v) is 8.66. The summed E-state index contributed by atoms with van der Waals surface area (Å²) >= 11 is 0. The fraction of sp³-hybridized carbons (Fsp3) is 1.00. The molecule has 1 heterocycles. The van der Waals surface area contributed by atoms with Gasteiger partial charge < -0.3 is 10.1 Å². The molecule has 3 aliphatic rings. The SMILES string of the molecule is CC1CCC(CNC2CC2)(CN2CCOC(C)(C)C2)CC1. The molecule has 0 aromatic rings. The minimum atomic E-state index is 0.0331. The first-order chi connectivity index (χ1) is 9.96. The van der Waals surface area contributed by atoms with Gasteiger partial charge in [-0.3, -0.25) is 4.90 Å². The predicted octanol–water partition coefficient (Wildman–Crippen LogP) is 3.05. The number of ether oxygens (including phenoxy) is 1. The highest BCUT2D eigenvalue weighted by Gasteiger charge is 2.39. The Morgan fingerprint density at radius 2 is 1.86 bits per heavy atom. The van der Waals surface area contributed by atoms with Crippen LogP contribution in [0.2, 0.25) is 0 Å². The molecule has 1 aliphatic heterocycles. The van der Waals surface area contributed by atoms with Crippen molar-refractivity contribution in [2.45, 2.75) is 70.9 Å². The number of nitrogens with zero attached hydrogens (tertiary/aromatic N) is 1. The fourth-order valence-electron chi connectivity index (χ4n) is 4.14. The quantitative estimate of drug-likeness (QED) is 0.843. The lowest BCUT2D eigenvalue weighted by Gasteiger charge is -2.46. The fourth-order valence-corrected chi connectivity index (χ4v) is 4.14. The molecule has 3 heteroatoms. The lowest BCUT2D eigenvalue weighted by molar-refractivity contribution is -0.0971. The van der Waals surface area contributed by atoms with Gasteiger partial charge in [0.25, 0.3) is 0 Å². The second-order valence-electron chi connectivity index (χ2n) is 8.66. The maximum absolute atomic E-state index is 5.89. The maximum Gasteiger partial charge on any atom is 0.0753 e. The molecule has 1 saturated heterocycles. The molecule has 1 N–H and O–H groups in total. The molecule has 3 fully saturated rings. The summed E-state index contributed by atoms with van der Waals surface area (Å²) < 4.78 is 5.89.